The second-order valence-electron chi connectivity index (χ2n) is 6.35. The molecule has 0 saturated carbocycles. The average molecular weight is 393 g/mol. The summed E-state index contributed by atoms with van der Waals surface area (Å²) in [5, 5.41) is 4.15. The van der Waals surface area contributed by atoms with Gasteiger partial charge in [0.25, 0.3) is 5.91 Å². The summed E-state index contributed by atoms with van der Waals surface area (Å²) in [5.74, 6) is -0.163. The van der Waals surface area contributed by atoms with E-state index < -0.39 is 0 Å². The molecule has 1 N–H and O–H groups in total. The van der Waals surface area contributed by atoms with E-state index in [0.717, 1.165) is 22.2 Å². The Kier molecular flexibility index (Phi) is 4.92. The molecule has 0 aliphatic rings. The highest BCUT2D eigenvalue weighted by atomic mass is 35.5. The Morgan fingerprint density at radius 2 is 1.70 bits per heavy atom. The molecule has 5 heteroatoms. The Hall–Kier alpha value is -2.69. The van der Waals surface area contributed by atoms with Crippen LogP contribution in [0.1, 0.15) is 27.0 Å². The molecular weight excluding hydrogens is 376 g/mol. The molecule has 0 spiro atoms. The number of carbonyl (C=O) groups is 1. The lowest BCUT2D eigenvalue weighted by Crippen LogP contribution is -2.11. The van der Waals surface area contributed by atoms with Crippen LogP contribution in [0.4, 0.5) is 5.13 Å². The maximum atomic E-state index is 12.5. The molecule has 4 rings (SSSR count). The number of carbonyl (C=O) groups excluding carboxylic acids is 1. The third-order valence-electron chi connectivity index (χ3n) is 4.44. The van der Waals surface area contributed by atoms with Crippen molar-refractivity contribution >= 4 is 44.2 Å². The summed E-state index contributed by atoms with van der Waals surface area (Å²) in [6, 6.07) is 21.7. The number of aromatic nitrogens is 1. The molecule has 0 aliphatic carbocycles. The third kappa shape index (κ3) is 3.87. The van der Waals surface area contributed by atoms with Crippen LogP contribution in [0.25, 0.3) is 10.2 Å². The topological polar surface area (TPSA) is 42.0 Å². The predicted octanol–water partition coefficient (Wildman–Crippen LogP) is 6.10. The van der Waals surface area contributed by atoms with Crippen LogP contribution in [0.3, 0.4) is 0 Å². The second-order valence-corrected chi connectivity index (χ2v) is 7.79. The zero-order chi connectivity index (χ0) is 18.8. The van der Waals surface area contributed by atoms with Gasteiger partial charge in [-0.2, -0.15) is 0 Å². The van der Waals surface area contributed by atoms with E-state index in [1.165, 1.54) is 22.5 Å². The standard InChI is InChI=1S/C22H17ClN2OS/c1-14-18(23)11-12-19-20(14)24-22(27-19)25-21(26)17-9-7-16(8-10-17)13-15-5-3-2-4-6-15/h2-12H,13H2,1H3,(H,24,25,26). The van der Waals surface area contributed by atoms with Crippen molar-refractivity contribution in [2.75, 3.05) is 5.32 Å². The first-order valence-electron chi connectivity index (χ1n) is 8.60. The van der Waals surface area contributed by atoms with Gasteiger partial charge in [-0.1, -0.05) is 65.4 Å². The zero-order valence-electron chi connectivity index (χ0n) is 14.7. The number of hydrogen-bond donors (Lipinski definition) is 1. The van der Waals surface area contributed by atoms with Crippen molar-refractivity contribution in [3.63, 3.8) is 0 Å². The lowest BCUT2D eigenvalue weighted by atomic mass is 10.0. The van der Waals surface area contributed by atoms with Crippen molar-refractivity contribution < 1.29 is 4.79 Å². The molecule has 0 unspecified atom stereocenters. The number of rotatable bonds is 4. The molecule has 0 radical (unpaired) electrons. The molecule has 0 atom stereocenters. The largest absolute Gasteiger partial charge is 0.298 e. The summed E-state index contributed by atoms with van der Waals surface area (Å²) in [5.41, 5.74) is 4.79. The van der Waals surface area contributed by atoms with E-state index in [2.05, 4.69) is 22.4 Å². The number of thiazole rings is 1. The van der Waals surface area contributed by atoms with Crippen LogP contribution in [0.5, 0.6) is 0 Å². The average Bonchev–Trinajstić information content (AvgIpc) is 3.09. The summed E-state index contributed by atoms with van der Waals surface area (Å²) in [7, 11) is 0. The highest BCUT2D eigenvalue weighted by Gasteiger charge is 2.12. The summed E-state index contributed by atoms with van der Waals surface area (Å²) < 4.78 is 1.01. The normalized spacial score (nSPS) is 10.9. The van der Waals surface area contributed by atoms with Crippen LogP contribution in [-0.2, 0) is 6.42 Å². The molecule has 134 valence electrons. The number of halogens is 1. The molecule has 1 amide bonds. The van der Waals surface area contributed by atoms with Crippen LogP contribution in [0.2, 0.25) is 5.02 Å². The third-order valence-corrected chi connectivity index (χ3v) is 5.78. The first-order valence-corrected chi connectivity index (χ1v) is 9.79. The Balaban J connectivity index is 1.49. The van der Waals surface area contributed by atoms with Gasteiger partial charge in [-0.3, -0.25) is 10.1 Å². The molecule has 0 saturated heterocycles. The van der Waals surface area contributed by atoms with E-state index in [9.17, 15) is 4.79 Å². The fraction of sp³-hybridized carbons (Fsp3) is 0.0909. The fourth-order valence-corrected chi connectivity index (χ4v) is 4.00. The van der Waals surface area contributed by atoms with E-state index in [4.69, 9.17) is 11.6 Å². The number of nitrogens with one attached hydrogen (secondary N) is 1. The highest BCUT2D eigenvalue weighted by molar-refractivity contribution is 7.22. The zero-order valence-corrected chi connectivity index (χ0v) is 16.3. The lowest BCUT2D eigenvalue weighted by Gasteiger charge is -2.05. The molecule has 0 aliphatic heterocycles. The maximum Gasteiger partial charge on any atom is 0.257 e. The van der Waals surface area contributed by atoms with Crippen molar-refractivity contribution in [2.24, 2.45) is 0 Å². The van der Waals surface area contributed by atoms with E-state index in [1.54, 1.807) is 0 Å². The molecule has 0 bridgehead atoms. The molecule has 1 aromatic heterocycles. The van der Waals surface area contributed by atoms with Gasteiger partial charge in [0.2, 0.25) is 0 Å². The van der Waals surface area contributed by atoms with Crippen LogP contribution < -0.4 is 5.32 Å². The SMILES string of the molecule is Cc1c(Cl)ccc2sc(NC(=O)c3ccc(Cc4ccccc4)cc3)nc12. The van der Waals surface area contributed by atoms with Crippen molar-refractivity contribution in [2.45, 2.75) is 13.3 Å². The minimum atomic E-state index is -0.163. The molecule has 1 heterocycles. The van der Waals surface area contributed by atoms with Crippen molar-refractivity contribution in [1.82, 2.24) is 4.98 Å². The Morgan fingerprint density at radius 3 is 2.44 bits per heavy atom. The van der Waals surface area contributed by atoms with Gasteiger partial charge < -0.3 is 0 Å². The van der Waals surface area contributed by atoms with Gasteiger partial charge in [0, 0.05) is 10.6 Å². The number of amides is 1. The molecular formula is C22H17ClN2OS. The second kappa shape index (κ2) is 7.51. The van der Waals surface area contributed by atoms with Gasteiger partial charge in [-0.05, 0) is 54.3 Å². The number of anilines is 1. The number of hydrogen-bond acceptors (Lipinski definition) is 3. The van der Waals surface area contributed by atoms with Crippen LogP contribution in [-0.4, -0.2) is 10.9 Å². The summed E-state index contributed by atoms with van der Waals surface area (Å²) in [6.45, 7) is 1.93. The monoisotopic (exact) mass is 392 g/mol. The predicted molar refractivity (Wildman–Crippen MR) is 113 cm³/mol. The maximum absolute atomic E-state index is 12.5. The Labute approximate surface area is 166 Å². The van der Waals surface area contributed by atoms with Gasteiger partial charge >= 0.3 is 0 Å². The van der Waals surface area contributed by atoms with Crippen molar-refractivity contribution in [1.29, 1.82) is 0 Å². The van der Waals surface area contributed by atoms with Crippen LogP contribution in [0.15, 0.2) is 66.7 Å². The minimum absolute atomic E-state index is 0.163. The van der Waals surface area contributed by atoms with Gasteiger partial charge in [0.15, 0.2) is 5.13 Å². The molecule has 3 aromatic carbocycles. The number of fused-ring (bicyclic) bond motifs is 1. The van der Waals surface area contributed by atoms with E-state index in [0.29, 0.717) is 15.7 Å². The first kappa shape index (κ1) is 17.7. The Morgan fingerprint density at radius 1 is 1.00 bits per heavy atom. The highest BCUT2D eigenvalue weighted by Crippen LogP contribution is 2.31. The van der Waals surface area contributed by atoms with Gasteiger partial charge in [-0.15, -0.1) is 0 Å². The molecule has 4 aromatic rings. The van der Waals surface area contributed by atoms with Crippen LogP contribution >= 0.6 is 22.9 Å². The number of benzene rings is 3. The molecule has 3 nitrogen and oxygen atoms in total. The van der Waals surface area contributed by atoms with Gasteiger partial charge in [0.1, 0.15) is 0 Å². The summed E-state index contributed by atoms with van der Waals surface area (Å²) in [6.07, 6.45) is 0.848. The molecule has 0 fully saturated rings. The van der Waals surface area contributed by atoms with E-state index in [-0.39, 0.29) is 5.91 Å². The minimum Gasteiger partial charge on any atom is -0.298 e. The van der Waals surface area contributed by atoms with Crippen molar-refractivity contribution in [3.8, 4) is 0 Å². The van der Waals surface area contributed by atoms with E-state index >= 15 is 0 Å². The lowest BCUT2D eigenvalue weighted by molar-refractivity contribution is 0.102. The Bertz CT molecular complexity index is 1100. The number of nitrogens with zero attached hydrogens (tertiary/aromatic N) is 1. The van der Waals surface area contributed by atoms with Gasteiger partial charge in [0.05, 0.1) is 10.2 Å². The van der Waals surface area contributed by atoms with Crippen molar-refractivity contribution in [3.05, 3.63) is 94.0 Å². The smallest absolute Gasteiger partial charge is 0.257 e. The number of aryl methyl sites for hydroxylation is 1. The van der Waals surface area contributed by atoms with E-state index in [1.807, 2.05) is 61.5 Å². The fourth-order valence-electron chi connectivity index (χ4n) is 2.93. The summed E-state index contributed by atoms with van der Waals surface area (Å²) >= 11 is 7.59. The first-order chi connectivity index (χ1) is 13.1. The van der Waals surface area contributed by atoms with Crippen LogP contribution in [0, 0.1) is 6.92 Å². The quantitative estimate of drug-likeness (QED) is 0.455. The molecule has 27 heavy (non-hydrogen) atoms. The summed E-state index contributed by atoms with van der Waals surface area (Å²) in [4.78, 5) is 17.1. The van der Waals surface area contributed by atoms with Gasteiger partial charge in [-0.25, -0.2) is 4.98 Å².